The van der Waals surface area contributed by atoms with Gasteiger partial charge < -0.3 is 14.0 Å². The minimum atomic E-state index is -0.677. The summed E-state index contributed by atoms with van der Waals surface area (Å²) in [6.45, 7) is 5.45. The summed E-state index contributed by atoms with van der Waals surface area (Å²) >= 11 is 0. The summed E-state index contributed by atoms with van der Waals surface area (Å²) in [4.78, 5) is 34.4. The van der Waals surface area contributed by atoms with Crippen LogP contribution in [-0.4, -0.2) is 36.0 Å². The van der Waals surface area contributed by atoms with Gasteiger partial charge in [-0.2, -0.15) is 0 Å². The first-order valence-corrected chi connectivity index (χ1v) is 6.06. The van der Waals surface area contributed by atoms with E-state index in [-0.39, 0.29) is 24.5 Å². The van der Waals surface area contributed by atoms with Gasteiger partial charge >= 0.3 is 11.9 Å². The van der Waals surface area contributed by atoms with Crippen molar-refractivity contribution in [2.45, 2.75) is 26.8 Å². The van der Waals surface area contributed by atoms with Gasteiger partial charge in [-0.15, -0.1) is 0 Å². The molecule has 0 saturated heterocycles. The molecule has 1 rings (SSSR count). The smallest absolute Gasteiger partial charge is 0.340 e. The number of hydrogen-bond donors (Lipinski definition) is 0. The van der Waals surface area contributed by atoms with Crippen LogP contribution in [-0.2, 0) is 14.3 Å². The second-order valence-electron chi connectivity index (χ2n) is 3.79. The number of aromatic nitrogens is 1. The average molecular weight is 267 g/mol. The summed E-state index contributed by atoms with van der Waals surface area (Å²) in [5, 5.41) is 0. The molecule has 19 heavy (non-hydrogen) atoms. The Bertz CT molecular complexity index is 477. The second kappa shape index (κ2) is 6.72. The number of nitrogens with zero attached hydrogens (tertiary/aromatic N) is 1. The highest BCUT2D eigenvalue weighted by Crippen LogP contribution is 2.17. The van der Waals surface area contributed by atoms with Gasteiger partial charge in [0, 0.05) is 6.20 Å². The molecule has 1 heterocycles. The van der Waals surface area contributed by atoms with Crippen molar-refractivity contribution in [1.82, 2.24) is 4.57 Å². The third-order valence-corrected chi connectivity index (χ3v) is 2.61. The fourth-order valence-corrected chi connectivity index (χ4v) is 1.68. The molecule has 1 aromatic heterocycles. The standard InChI is InChI=1S/C13H17NO5/c1-4-18-12(16)9(3)14-7-6-10(11(14)8-15)13(17)19-5-2/h6-9H,4-5H2,1-3H3. The van der Waals surface area contributed by atoms with E-state index in [0.717, 1.165) is 0 Å². The summed E-state index contributed by atoms with van der Waals surface area (Å²) in [7, 11) is 0. The molecular formula is C13H17NO5. The maximum Gasteiger partial charge on any atom is 0.340 e. The molecule has 0 bridgehead atoms. The number of carbonyl (C=O) groups is 3. The van der Waals surface area contributed by atoms with E-state index in [1.165, 1.54) is 16.8 Å². The normalized spacial score (nSPS) is 11.7. The molecule has 0 spiro atoms. The molecule has 0 N–H and O–H groups in total. The molecule has 6 heteroatoms. The van der Waals surface area contributed by atoms with Gasteiger partial charge in [0.05, 0.1) is 24.5 Å². The summed E-state index contributed by atoms with van der Waals surface area (Å²) in [6.07, 6.45) is 2.03. The van der Waals surface area contributed by atoms with Crippen LogP contribution in [0.25, 0.3) is 0 Å². The predicted octanol–water partition coefficient (Wildman–Crippen LogP) is 1.60. The Kier molecular flexibility index (Phi) is 5.29. The molecule has 0 saturated carbocycles. The molecule has 0 aliphatic heterocycles. The van der Waals surface area contributed by atoms with Crippen molar-refractivity contribution in [3.8, 4) is 0 Å². The Morgan fingerprint density at radius 2 is 1.95 bits per heavy atom. The topological polar surface area (TPSA) is 74.6 Å². The quantitative estimate of drug-likeness (QED) is 0.578. The number of ether oxygens (including phenoxy) is 2. The third-order valence-electron chi connectivity index (χ3n) is 2.61. The lowest BCUT2D eigenvalue weighted by Crippen LogP contribution is -2.21. The van der Waals surface area contributed by atoms with Crippen molar-refractivity contribution in [2.24, 2.45) is 0 Å². The fourth-order valence-electron chi connectivity index (χ4n) is 1.68. The molecule has 1 aromatic rings. The van der Waals surface area contributed by atoms with E-state index < -0.39 is 18.0 Å². The average Bonchev–Trinajstić information content (AvgIpc) is 2.82. The van der Waals surface area contributed by atoms with Crippen LogP contribution in [0.15, 0.2) is 12.3 Å². The summed E-state index contributed by atoms with van der Waals surface area (Å²) in [5.41, 5.74) is 0.256. The van der Waals surface area contributed by atoms with Gasteiger partial charge in [-0.1, -0.05) is 0 Å². The lowest BCUT2D eigenvalue weighted by Gasteiger charge is -2.14. The van der Waals surface area contributed by atoms with Crippen LogP contribution in [0.3, 0.4) is 0 Å². The maximum atomic E-state index is 11.6. The van der Waals surface area contributed by atoms with Crippen LogP contribution in [0.1, 0.15) is 47.7 Å². The summed E-state index contributed by atoms with van der Waals surface area (Å²) < 4.78 is 11.1. The zero-order valence-corrected chi connectivity index (χ0v) is 11.2. The van der Waals surface area contributed by atoms with Crippen molar-refractivity contribution in [3.63, 3.8) is 0 Å². The van der Waals surface area contributed by atoms with Crippen LogP contribution in [0.4, 0.5) is 0 Å². The summed E-state index contributed by atoms with van der Waals surface area (Å²) in [6, 6.07) is 0.778. The number of hydrogen-bond acceptors (Lipinski definition) is 5. The summed E-state index contributed by atoms with van der Waals surface area (Å²) in [5.74, 6) is -1.05. The van der Waals surface area contributed by atoms with Gasteiger partial charge in [0.25, 0.3) is 0 Å². The van der Waals surface area contributed by atoms with E-state index in [4.69, 9.17) is 9.47 Å². The monoisotopic (exact) mass is 267 g/mol. The highest BCUT2D eigenvalue weighted by molar-refractivity contribution is 5.98. The van der Waals surface area contributed by atoms with Crippen LogP contribution < -0.4 is 0 Å². The lowest BCUT2D eigenvalue weighted by atomic mass is 10.2. The van der Waals surface area contributed by atoms with Gasteiger partial charge in [-0.05, 0) is 26.8 Å². The Hall–Kier alpha value is -2.11. The molecule has 104 valence electrons. The van der Waals surface area contributed by atoms with E-state index in [0.29, 0.717) is 6.29 Å². The van der Waals surface area contributed by atoms with E-state index in [2.05, 4.69) is 0 Å². The van der Waals surface area contributed by atoms with Crippen molar-refractivity contribution >= 4 is 18.2 Å². The Labute approximate surface area is 111 Å². The van der Waals surface area contributed by atoms with E-state index in [1.54, 1.807) is 20.8 Å². The molecular weight excluding hydrogens is 250 g/mol. The van der Waals surface area contributed by atoms with Gasteiger partial charge in [-0.3, -0.25) is 4.79 Å². The number of aldehydes is 1. The molecule has 6 nitrogen and oxygen atoms in total. The van der Waals surface area contributed by atoms with Gasteiger partial charge in [-0.25, -0.2) is 9.59 Å². The van der Waals surface area contributed by atoms with Crippen LogP contribution >= 0.6 is 0 Å². The van der Waals surface area contributed by atoms with Crippen molar-refractivity contribution in [1.29, 1.82) is 0 Å². The molecule has 0 aliphatic rings. The first-order valence-electron chi connectivity index (χ1n) is 6.06. The Morgan fingerprint density at radius 1 is 1.32 bits per heavy atom. The van der Waals surface area contributed by atoms with E-state index >= 15 is 0 Å². The van der Waals surface area contributed by atoms with Crippen molar-refractivity contribution in [3.05, 3.63) is 23.5 Å². The van der Waals surface area contributed by atoms with Crippen LogP contribution in [0.2, 0.25) is 0 Å². The minimum Gasteiger partial charge on any atom is -0.464 e. The van der Waals surface area contributed by atoms with Gasteiger partial charge in [0.1, 0.15) is 6.04 Å². The fraction of sp³-hybridized carbons (Fsp3) is 0.462. The van der Waals surface area contributed by atoms with Crippen molar-refractivity contribution in [2.75, 3.05) is 13.2 Å². The van der Waals surface area contributed by atoms with E-state index in [1.807, 2.05) is 0 Å². The second-order valence-corrected chi connectivity index (χ2v) is 3.79. The molecule has 0 radical (unpaired) electrons. The zero-order chi connectivity index (χ0) is 14.4. The maximum absolute atomic E-state index is 11.6. The lowest BCUT2D eigenvalue weighted by molar-refractivity contribution is -0.146. The molecule has 0 aliphatic carbocycles. The van der Waals surface area contributed by atoms with Gasteiger partial charge in [0.15, 0.2) is 6.29 Å². The largest absolute Gasteiger partial charge is 0.464 e. The highest BCUT2D eigenvalue weighted by atomic mass is 16.5. The molecule has 1 unspecified atom stereocenters. The van der Waals surface area contributed by atoms with Crippen LogP contribution in [0, 0.1) is 0 Å². The van der Waals surface area contributed by atoms with Gasteiger partial charge in [0.2, 0.25) is 0 Å². The first-order chi connectivity index (χ1) is 9.06. The molecule has 1 atom stereocenters. The van der Waals surface area contributed by atoms with Crippen LogP contribution in [0.5, 0.6) is 0 Å². The highest BCUT2D eigenvalue weighted by Gasteiger charge is 2.23. The number of rotatable bonds is 6. The first kappa shape index (κ1) is 14.9. The van der Waals surface area contributed by atoms with E-state index in [9.17, 15) is 14.4 Å². The SMILES string of the molecule is CCOC(=O)c1ccn(C(C)C(=O)OCC)c1C=O. The number of carbonyl (C=O) groups excluding carboxylic acids is 3. The minimum absolute atomic E-state index is 0.110. The molecule has 0 amide bonds. The molecule has 0 aromatic carbocycles. The molecule has 0 fully saturated rings. The zero-order valence-electron chi connectivity index (χ0n) is 11.2. The third kappa shape index (κ3) is 3.21. The Morgan fingerprint density at radius 3 is 2.47 bits per heavy atom. The Balaban J connectivity index is 3.06. The predicted molar refractivity (Wildman–Crippen MR) is 67.1 cm³/mol. The number of esters is 2. The van der Waals surface area contributed by atoms with Crippen molar-refractivity contribution < 1.29 is 23.9 Å².